The van der Waals surface area contributed by atoms with Gasteiger partial charge in [-0.05, 0) is 43.7 Å². The summed E-state index contributed by atoms with van der Waals surface area (Å²) in [7, 11) is 0. The maximum absolute atomic E-state index is 12.2. The molecule has 0 spiro atoms. The van der Waals surface area contributed by atoms with Gasteiger partial charge in [-0.25, -0.2) is 0 Å². The number of carboxylic acids is 1. The van der Waals surface area contributed by atoms with Gasteiger partial charge in [0.15, 0.2) is 6.10 Å². The molecule has 0 aromatic heterocycles. The topological polar surface area (TPSA) is 87.7 Å². The van der Waals surface area contributed by atoms with Crippen molar-refractivity contribution in [3.8, 4) is 11.5 Å². The van der Waals surface area contributed by atoms with Crippen molar-refractivity contribution in [2.75, 3.05) is 11.9 Å². The van der Waals surface area contributed by atoms with E-state index in [1.165, 1.54) is 6.07 Å². The van der Waals surface area contributed by atoms with E-state index in [-0.39, 0.29) is 5.91 Å². The Labute approximate surface area is 140 Å². The Bertz CT molecular complexity index is 729. The average Bonchev–Trinajstić information content (AvgIpc) is 2.53. The average molecular weight is 328 g/mol. The van der Waals surface area contributed by atoms with Crippen LogP contribution in [-0.2, 0) is 9.59 Å². The summed E-state index contributed by atoms with van der Waals surface area (Å²) >= 11 is 0. The van der Waals surface area contributed by atoms with Crippen LogP contribution >= 0.6 is 0 Å². The second-order valence-corrected chi connectivity index (χ2v) is 5.25. The highest BCUT2D eigenvalue weighted by Gasteiger charge is 2.15. The van der Waals surface area contributed by atoms with Crippen molar-refractivity contribution in [3.05, 3.63) is 54.1 Å². The van der Waals surface area contributed by atoms with E-state index < -0.39 is 18.7 Å². The first kappa shape index (κ1) is 17.3. The van der Waals surface area contributed by atoms with Crippen LogP contribution in [0.3, 0.4) is 0 Å². The molecule has 0 aliphatic rings. The van der Waals surface area contributed by atoms with Crippen LogP contribution in [0.5, 0.6) is 11.5 Å². The Morgan fingerprint density at radius 3 is 2.54 bits per heavy atom. The second-order valence-electron chi connectivity index (χ2n) is 5.25. The number of anilines is 1. The van der Waals surface area contributed by atoms with Crippen LogP contribution in [0.2, 0.25) is 0 Å². The van der Waals surface area contributed by atoms with E-state index in [4.69, 9.17) is 9.47 Å². The second kappa shape index (κ2) is 8.01. The molecular formula is C18H18NO5-. The summed E-state index contributed by atoms with van der Waals surface area (Å²) < 4.78 is 10.6. The number of benzene rings is 2. The number of carbonyl (C=O) groups excluding carboxylic acids is 2. The molecule has 0 aliphatic heterocycles. The normalized spacial score (nSPS) is 11.4. The Kier molecular flexibility index (Phi) is 5.78. The zero-order chi connectivity index (χ0) is 17.5. The van der Waals surface area contributed by atoms with Gasteiger partial charge < -0.3 is 24.7 Å². The Hall–Kier alpha value is -3.02. The van der Waals surface area contributed by atoms with Crippen molar-refractivity contribution >= 4 is 17.6 Å². The minimum absolute atomic E-state index is 0.323. The molecule has 0 aliphatic carbocycles. The lowest BCUT2D eigenvalue weighted by molar-refractivity contribution is -0.307. The van der Waals surface area contributed by atoms with Gasteiger partial charge in [0.1, 0.15) is 18.1 Å². The number of amides is 1. The zero-order valence-electron chi connectivity index (χ0n) is 13.4. The lowest BCUT2D eigenvalue weighted by Gasteiger charge is -2.15. The number of carboxylic acid groups (broad SMARTS) is 1. The SMILES string of the molecule is Cc1cccc(O[C@@H](C)C(=O)Nc2cccc(OCC(=O)[O-])c2)c1. The van der Waals surface area contributed by atoms with Crippen LogP contribution in [0.15, 0.2) is 48.5 Å². The number of hydrogen-bond acceptors (Lipinski definition) is 5. The predicted octanol–water partition coefficient (Wildman–Crippen LogP) is 1.53. The molecule has 0 unspecified atom stereocenters. The molecule has 2 rings (SSSR count). The van der Waals surface area contributed by atoms with Gasteiger partial charge in [0, 0.05) is 11.8 Å². The van der Waals surface area contributed by atoms with E-state index >= 15 is 0 Å². The highest BCUT2D eigenvalue weighted by Crippen LogP contribution is 2.19. The Morgan fingerprint density at radius 2 is 1.83 bits per heavy atom. The quantitative estimate of drug-likeness (QED) is 0.833. The van der Waals surface area contributed by atoms with Crippen molar-refractivity contribution < 1.29 is 24.2 Å². The van der Waals surface area contributed by atoms with Crippen molar-refractivity contribution in [1.82, 2.24) is 0 Å². The number of aliphatic carboxylic acids is 1. The van der Waals surface area contributed by atoms with Crippen molar-refractivity contribution in [3.63, 3.8) is 0 Å². The van der Waals surface area contributed by atoms with Crippen molar-refractivity contribution in [2.45, 2.75) is 20.0 Å². The molecule has 0 saturated carbocycles. The van der Waals surface area contributed by atoms with Gasteiger partial charge in [-0.15, -0.1) is 0 Å². The van der Waals surface area contributed by atoms with Gasteiger partial charge in [0.05, 0.1) is 5.97 Å². The third-order valence-corrected chi connectivity index (χ3v) is 3.13. The van der Waals surface area contributed by atoms with E-state index in [1.54, 1.807) is 31.2 Å². The van der Waals surface area contributed by atoms with E-state index in [1.807, 2.05) is 25.1 Å². The van der Waals surface area contributed by atoms with Gasteiger partial charge in [-0.2, -0.15) is 0 Å². The summed E-state index contributed by atoms with van der Waals surface area (Å²) in [5.41, 5.74) is 1.52. The predicted molar refractivity (Wildman–Crippen MR) is 86.8 cm³/mol. The highest BCUT2D eigenvalue weighted by atomic mass is 16.5. The lowest BCUT2D eigenvalue weighted by atomic mass is 10.2. The number of carbonyl (C=O) groups is 2. The molecular weight excluding hydrogens is 310 g/mol. The van der Waals surface area contributed by atoms with Crippen LogP contribution in [-0.4, -0.2) is 24.6 Å². The largest absolute Gasteiger partial charge is 0.546 e. The number of nitrogens with one attached hydrogen (secondary N) is 1. The first-order chi connectivity index (χ1) is 11.4. The first-order valence-electron chi connectivity index (χ1n) is 7.41. The number of hydrogen-bond donors (Lipinski definition) is 1. The summed E-state index contributed by atoms with van der Waals surface area (Å²) in [6.07, 6.45) is -0.695. The van der Waals surface area contributed by atoms with Gasteiger partial charge in [0.25, 0.3) is 5.91 Å². The van der Waals surface area contributed by atoms with E-state index in [0.717, 1.165) is 5.56 Å². The number of ether oxygens (including phenoxy) is 2. The van der Waals surface area contributed by atoms with E-state index in [0.29, 0.717) is 17.2 Å². The maximum atomic E-state index is 12.2. The molecule has 0 radical (unpaired) electrons. The van der Waals surface area contributed by atoms with Crippen LogP contribution in [0.4, 0.5) is 5.69 Å². The fourth-order valence-corrected chi connectivity index (χ4v) is 2.00. The summed E-state index contributed by atoms with van der Waals surface area (Å²) in [4.78, 5) is 22.6. The van der Waals surface area contributed by atoms with E-state index in [2.05, 4.69) is 5.32 Å². The number of aryl methyl sites for hydroxylation is 1. The van der Waals surface area contributed by atoms with Gasteiger partial charge in [-0.3, -0.25) is 4.79 Å². The molecule has 1 atom stereocenters. The lowest BCUT2D eigenvalue weighted by Crippen LogP contribution is -2.30. The zero-order valence-corrected chi connectivity index (χ0v) is 13.4. The molecule has 1 amide bonds. The van der Waals surface area contributed by atoms with Gasteiger partial charge in [0.2, 0.25) is 0 Å². The third kappa shape index (κ3) is 5.31. The molecule has 126 valence electrons. The molecule has 0 bridgehead atoms. The standard InChI is InChI=1S/C18H19NO5/c1-12-5-3-8-16(9-12)24-13(2)18(22)19-14-6-4-7-15(10-14)23-11-17(20)21/h3-10,13H,11H2,1-2H3,(H,19,22)(H,20,21)/p-1/t13-/m0/s1. The molecule has 24 heavy (non-hydrogen) atoms. The third-order valence-electron chi connectivity index (χ3n) is 3.13. The van der Waals surface area contributed by atoms with Crippen molar-refractivity contribution in [2.24, 2.45) is 0 Å². The Morgan fingerprint density at radius 1 is 1.12 bits per heavy atom. The fourth-order valence-electron chi connectivity index (χ4n) is 2.00. The summed E-state index contributed by atoms with van der Waals surface area (Å²) in [5, 5.41) is 13.1. The fraction of sp³-hybridized carbons (Fsp3) is 0.222. The minimum atomic E-state index is -1.32. The van der Waals surface area contributed by atoms with E-state index in [9.17, 15) is 14.7 Å². The highest BCUT2D eigenvalue weighted by molar-refractivity contribution is 5.94. The first-order valence-corrected chi connectivity index (χ1v) is 7.41. The molecule has 0 heterocycles. The molecule has 0 fully saturated rings. The summed E-state index contributed by atoms with van der Waals surface area (Å²) in [6.45, 7) is 3.04. The molecule has 6 nitrogen and oxygen atoms in total. The molecule has 1 N–H and O–H groups in total. The molecule has 2 aromatic carbocycles. The Balaban J connectivity index is 1.95. The van der Waals surface area contributed by atoms with Crippen LogP contribution < -0.4 is 19.9 Å². The minimum Gasteiger partial charge on any atom is -0.546 e. The summed E-state index contributed by atoms with van der Waals surface area (Å²) in [5.74, 6) is -0.703. The monoisotopic (exact) mass is 328 g/mol. The molecule has 6 heteroatoms. The maximum Gasteiger partial charge on any atom is 0.265 e. The molecule has 0 saturated heterocycles. The van der Waals surface area contributed by atoms with Gasteiger partial charge >= 0.3 is 0 Å². The van der Waals surface area contributed by atoms with Crippen LogP contribution in [0, 0.1) is 6.92 Å². The smallest absolute Gasteiger partial charge is 0.265 e. The van der Waals surface area contributed by atoms with Crippen LogP contribution in [0.25, 0.3) is 0 Å². The van der Waals surface area contributed by atoms with Gasteiger partial charge in [-0.1, -0.05) is 18.2 Å². The van der Waals surface area contributed by atoms with Crippen LogP contribution in [0.1, 0.15) is 12.5 Å². The van der Waals surface area contributed by atoms with Crippen molar-refractivity contribution in [1.29, 1.82) is 0 Å². The molecule has 2 aromatic rings. The summed E-state index contributed by atoms with van der Waals surface area (Å²) in [6, 6.07) is 13.9. The number of rotatable bonds is 7.